The maximum atomic E-state index is 10.7. The van der Waals surface area contributed by atoms with Gasteiger partial charge in [-0.2, -0.15) is 10.5 Å². The molecule has 0 fully saturated rings. The number of oxime groups is 1. The van der Waals surface area contributed by atoms with Crippen molar-refractivity contribution in [3.63, 3.8) is 0 Å². The van der Waals surface area contributed by atoms with E-state index in [9.17, 15) is 10.1 Å². The van der Waals surface area contributed by atoms with Gasteiger partial charge in [0.1, 0.15) is 11.5 Å². The quantitative estimate of drug-likeness (QED) is 0.443. The molecule has 0 aromatic carbocycles. The van der Waals surface area contributed by atoms with Crippen LogP contribution in [0, 0.1) is 38.2 Å². The summed E-state index contributed by atoms with van der Waals surface area (Å²) in [5.74, 6) is 0. The van der Waals surface area contributed by atoms with Crippen molar-refractivity contribution in [1.29, 1.82) is 10.5 Å². The van der Waals surface area contributed by atoms with Crippen molar-refractivity contribution >= 4 is 5.71 Å². The fourth-order valence-electron chi connectivity index (χ4n) is 1.12. The molecule has 7 nitrogen and oxygen atoms in total. The highest BCUT2D eigenvalue weighted by molar-refractivity contribution is 6.04. The van der Waals surface area contributed by atoms with E-state index in [4.69, 9.17) is 10.5 Å². The molecule has 0 aliphatic carbocycles. The molecule has 0 saturated heterocycles. The molecule has 1 atom stereocenters. The predicted octanol–water partition coefficient (Wildman–Crippen LogP) is 0.419. The second-order valence-electron chi connectivity index (χ2n) is 3.28. The van der Waals surface area contributed by atoms with Gasteiger partial charge in [0, 0.05) is 0 Å². The van der Waals surface area contributed by atoms with E-state index in [2.05, 4.69) is 9.99 Å². The highest BCUT2D eigenvalue weighted by Gasteiger charge is 2.67. The molecule has 0 N–H and O–H groups in total. The first-order chi connectivity index (χ1) is 6.42. The van der Waals surface area contributed by atoms with Gasteiger partial charge in [0.15, 0.2) is 11.8 Å². The lowest BCUT2D eigenvalue weighted by Gasteiger charge is -2.22. The van der Waals surface area contributed by atoms with Gasteiger partial charge in [-0.1, -0.05) is 5.16 Å². The van der Waals surface area contributed by atoms with Crippen molar-refractivity contribution in [3.05, 3.63) is 10.1 Å². The lowest BCUT2D eigenvalue weighted by Crippen LogP contribution is -2.51. The summed E-state index contributed by atoms with van der Waals surface area (Å²) in [6.45, 7) is 2.74. The molecular weight excluding hydrogens is 188 g/mol. The van der Waals surface area contributed by atoms with E-state index in [0.29, 0.717) is 0 Å². The van der Waals surface area contributed by atoms with Crippen molar-refractivity contribution in [2.75, 3.05) is 0 Å². The maximum absolute atomic E-state index is 10.7. The van der Waals surface area contributed by atoms with E-state index in [1.165, 1.54) is 19.9 Å². The van der Waals surface area contributed by atoms with Crippen LogP contribution in [0.4, 0.5) is 0 Å². The number of hydrogen-bond donors (Lipinski definition) is 0. The van der Waals surface area contributed by atoms with Gasteiger partial charge in [-0.3, -0.25) is 10.1 Å². The van der Waals surface area contributed by atoms with E-state index in [1.807, 2.05) is 0 Å². The Morgan fingerprint density at radius 2 is 2.14 bits per heavy atom. The molecule has 0 aromatic rings. The van der Waals surface area contributed by atoms with Crippen LogP contribution in [-0.2, 0) is 4.84 Å². The molecule has 72 valence electrons. The molecule has 0 aromatic heterocycles. The van der Waals surface area contributed by atoms with E-state index in [1.54, 1.807) is 6.07 Å². The minimum Gasteiger partial charge on any atom is -0.304 e. The molecule has 0 bridgehead atoms. The number of nitrogens with zero attached hydrogens (tertiary/aromatic N) is 4. The molecule has 0 saturated carbocycles. The van der Waals surface area contributed by atoms with Crippen molar-refractivity contribution in [2.45, 2.75) is 19.6 Å². The Morgan fingerprint density at radius 3 is 2.36 bits per heavy atom. The van der Waals surface area contributed by atoms with Crippen LogP contribution in [0.25, 0.3) is 0 Å². The summed E-state index contributed by atoms with van der Waals surface area (Å²) in [5.41, 5.74) is -3.80. The smallest absolute Gasteiger partial charge is 0.304 e. The third kappa shape index (κ3) is 0.866. The number of nitriles is 2. The van der Waals surface area contributed by atoms with Gasteiger partial charge in [-0.25, -0.2) is 0 Å². The van der Waals surface area contributed by atoms with Crippen LogP contribution in [0.3, 0.4) is 0 Å². The zero-order valence-electron chi connectivity index (χ0n) is 7.51. The summed E-state index contributed by atoms with van der Waals surface area (Å²) in [6.07, 6.45) is 0. The van der Waals surface area contributed by atoms with Crippen LogP contribution in [0.15, 0.2) is 5.16 Å². The molecular formula is C7H6N4O3. The van der Waals surface area contributed by atoms with Gasteiger partial charge < -0.3 is 4.84 Å². The lowest BCUT2D eigenvalue weighted by molar-refractivity contribution is -0.622. The van der Waals surface area contributed by atoms with Gasteiger partial charge in [0.2, 0.25) is 0 Å². The SMILES string of the molecule is CC1(C)C(C#N)=NOC1(C#N)[N+](=O)[O-]. The third-order valence-electron chi connectivity index (χ3n) is 2.22. The Bertz CT molecular complexity index is 400. The fraction of sp³-hybridized carbons (Fsp3) is 0.571. The van der Waals surface area contributed by atoms with Crippen molar-refractivity contribution in [3.8, 4) is 12.1 Å². The Morgan fingerprint density at radius 1 is 1.57 bits per heavy atom. The lowest BCUT2D eigenvalue weighted by atomic mass is 9.78. The standard InChI is InChI=1S/C7H6N4O3/c1-6(2)5(3-8)10-14-7(6,4-9)11(12)13/h1-2H3. The average Bonchev–Trinajstić information content (AvgIpc) is 2.37. The summed E-state index contributed by atoms with van der Waals surface area (Å²) in [4.78, 5) is 14.3. The summed E-state index contributed by atoms with van der Waals surface area (Å²) in [5, 5.41) is 31.3. The molecule has 1 aliphatic heterocycles. The summed E-state index contributed by atoms with van der Waals surface area (Å²) >= 11 is 0. The van der Waals surface area contributed by atoms with Crippen LogP contribution < -0.4 is 0 Å². The van der Waals surface area contributed by atoms with Gasteiger partial charge >= 0.3 is 5.72 Å². The first-order valence-corrected chi connectivity index (χ1v) is 3.65. The van der Waals surface area contributed by atoms with Crippen LogP contribution in [-0.4, -0.2) is 16.4 Å². The molecule has 0 radical (unpaired) electrons. The molecule has 1 unspecified atom stereocenters. The van der Waals surface area contributed by atoms with Crippen molar-refractivity contribution in [2.24, 2.45) is 10.6 Å². The van der Waals surface area contributed by atoms with E-state index in [-0.39, 0.29) is 5.71 Å². The highest BCUT2D eigenvalue weighted by atomic mass is 16.7. The highest BCUT2D eigenvalue weighted by Crippen LogP contribution is 2.40. The number of hydrogen-bond acceptors (Lipinski definition) is 6. The van der Waals surface area contributed by atoms with Gasteiger partial charge in [0.05, 0.1) is 4.92 Å². The van der Waals surface area contributed by atoms with Crippen LogP contribution in [0.2, 0.25) is 0 Å². The third-order valence-corrected chi connectivity index (χ3v) is 2.22. The van der Waals surface area contributed by atoms with Crippen molar-refractivity contribution in [1.82, 2.24) is 0 Å². The van der Waals surface area contributed by atoms with E-state index >= 15 is 0 Å². The average molecular weight is 194 g/mol. The Hall–Kier alpha value is -2.15. The Kier molecular flexibility index (Phi) is 1.90. The Labute approximate surface area is 79.3 Å². The minimum absolute atomic E-state index is 0.157. The topological polar surface area (TPSA) is 112 Å². The molecule has 1 aliphatic rings. The number of nitro groups is 1. The number of rotatable bonds is 1. The molecule has 1 rings (SSSR count). The predicted molar refractivity (Wildman–Crippen MR) is 43.3 cm³/mol. The first kappa shape index (κ1) is 9.93. The van der Waals surface area contributed by atoms with Crippen LogP contribution in [0.5, 0.6) is 0 Å². The summed E-state index contributed by atoms with van der Waals surface area (Å²) in [6, 6.07) is 3.11. The van der Waals surface area contributed by atoms with E-state index in [0.717, 1.165) is 0 Å². The Balaban J connectivity index is 3.30. The van der Waals surface area contributed by atoms with Gasteiger partial charge in [-0.15, -0.1) is 0 Å². The maximum Gasteiger partial charge on any atom is 0.481 e. The zero-order chi connectivity index (χ0) is 11.0. The monoisotopic (exact) mass is 194 g/mol. The van der Waals surface area contributed by atoms with Crippen molar-refractivity contribution < 1.29 is 9.76 Å². The molecule has 1 heterocycles. The second-order valence-corrected chi connectivity index (χ2v) is 3.28. The van der Waals surface area contributed by atoms with Crippen LogP contribution >= 0.6 is 0 Å². The summed E-state index contributed by atoms with van der Waals surface area (Å²) < 4.78 is 0. The molecule has 0 spiro atoms. The largest absolute Gasteiger partial charge is 0.481 e. The fourth-order valence-corrected chi connectivity index (χ4v) is 1.12. The van der Waals surface area contributed by atoms with E-state index < -0.39 is 16.1 Å². The molecule has 7 heteroatoms. The summed E-state index contributed by atoms with van der Waals surface area (Å²) in [7, 11) is 0. The minimum atomic E-state index is -2.29. The zero-order valence-corrected chi connectivity index (χ0v) is 7.51. The molecule has 0 amide bonds. The van der Waals surface area contributed by atoms with Gasteiger partial charge in [-0.05, 0) is 13.8 Å². The van der Waals surface area contributed by atoms with Gasteiger partial charge in [0.25, 0.3) is 0 Å². The second kappa shape index (κ2) is 2.67. The van der Waals surface area contributed by atoms with Crippen LogP contribution in [0.1, 0.15) is 13.8 Å². The first-order valence-electron chi connectivity index (χ1n) is 3.65. The molecule has 14 heavy (non-hydrogen) atoms. The normalized spacial score (nSPS) is 28.1.